The lowest BCUT2D eigenvalue weighted by atomic mass is 10.1. The van der Waals surface area contributed by atoms with Crippen LogP contribution in [-0.2, 0) is 4.74 Å². The van der Waals surface area contributed by atoms with Crippen LogP contribution in [0.1, 0.15) is 30.0 Å². The monoisotopic (exact) mass is 314 g/mol. The first-order valence-corrected chi connectivity index (χ1v) is 7.85. The Labute approximate surface area is 136 Å². The van der Waals surface area contributed by atoms with Crippen LogP contribution in [0.3, 0.4) is 0 Å². The van der Waals surface area contributed by atoms with Crippen molar-refractivity contribution in [2.24, 2.45) is 0 Å². The molecule has 1 aliphatic heterocycles. The maximum atomic E-state index is 12.6. The second kappa shape index (κ2) is 6.08. The van der Waals surface area contributed by atoms with E-state index in [0.29, 0.717) is 30.3 Å². The molecule has 1 saturated heterocycles. The molecule has 2 N–H and O–H groups in total. The number of anilines is 1. The number of rotatable bonds is 2. The molecule has 3 rings (SSSR count). The molecule has 1 fully saturated rings. The fourth-order valence-corrected chi connectivity index (χ4v) is 3.00. The number of furan rings is 1. The fourth-order valence-electron chi connectivity index (χ4n) is 3.00. The zero-order chi connectivity index (χ0) is 16.6. The van der Waals surface area contributed by atoms with Crippen molar-refractivity contribution in [1.29, 1.82) is 0 Å². The van der Waals surface area contributed by atoms with Crippen LogP contribution in [0.15, 0.2) is 34.7 Å². The second-order valence-corrected chi connectivity index (χ2v) is 6.21. The zero-order valence-corrected chi connectivity index (χ0v) is 13.7. The number of hydrogen-bond acceptors (Lipinski definition) is 4. The van der Waals surface area contributed by atoms with Crippen molar-refractivity contribution in [3.8, 4) is 11.3 Å². The lowest BCUT2D eigenvalue weighted by molar-refractivity contribution is -0.0592. The molecule has 5 nitrogen and oxygen atoms in total. The van der Waals surface area contributed by atoms with Gasteiger partial charge in [-0.05, 0) is 50.6 Å². The molecule has 2 aromatic rings. The number of benzene rings is 1. The number of carbonyl (C=O) groups excluding carboxylic acids is 1. The summed E-state index contributed by atoms with van der Waals surface area (Å²) in [7, 11) is 0. The van der Waals surface area contributed by atoms with E-state index in [9.17, 15) is 4.79 Å². The third kappa shape index (κ3) is 3.24. The third-order valence-corrected chi connectivity index (χ3v) is 4.05. The molecule has 1 aromatic carbocycles. The topological polar surface area (TPSA) is 68.7 Å². The molecule has 23 heavy (non-hydrogen) atoms. The summed E-state index contributed by atoms with van der Waals surface area (Å²) in [5, 5.41) is 0. The number of carbonyl (C=O) groups is 1. The number of aryl methyl sites for hydroxylation is 1. The number of nitrogens with zero attached hydrogens (tertiary/aromatic N) is 1. The van der Waals surface area contributed by atoms with Crippen LogP contribution >= 0.6 is 0 Å². The minimum absolute atomic E-state index is 0.0355. The molecule has 122 valence electrons. The predicted molar refractivity (Wildman–Crippen MR) is 89.2 cm³/mol. The fraction of sp³-hybridized carbons (Fsp3) is 0.389. The van der Waals surface area contributed by atoms with Gasteiger partial charge in [0.15, 0.2) is 5.76 Å². The van der Waals surface area contributed by atoms with Gasteiger partial charge in [0.1, 0.15) is 5.76 Å². The van der Waals surface area contributed by atoms with E-state index in [0.717, 1.165) is 11.1 Å². The largest absolute Gasteiger partial charge is 0.451 e. The number of ether oxygens (including phenoxy) is 1. The van der Waals surface area contributed by atoms with E-state index in [1.165, 1.54) is 0 Å². The van der Waals surface area contributed by atoms with E-state index in [-0.39, 0.29) is 18.1 Å². The van der Waals surface area contributed by atoms with Crippen molar-refractivity contribution in [3.63, 3.8) is 0 Å². The zero-order valence-electron chi connectivity index (χ0n) is 13.7. The number of hydrogen-bond donors (Lipinski definition) is 1. The summed E-state index contributed by atoms with van der Waals surface area (Å²) < 4.78 is 11.5. The van der Waals surface area contributed by atoms with Crippen molar-refractivity contribution in [3.05, 3.63) is 41.7 Å². The quantitative estimate of drug-likeness (QED) is 0.865. The van der Waals surface area contributed by atoms with Crippen molar-refractivity contribution < 1.29 is 13.9 Å². The SMILES string of the molecule is Cc1ccc(N)cc1-c1ccc(C(=O)N2C[C@@H](C)O[C@H](C)C2)o1. The summed E-state index contributed by atoms with van der Waals surface area (Å²) in [5.74, 6) is 0.912. The minimum Gasteiger partial charge on any atom is -0.451 e. The molecule has 1 aromatic heterocycles. The van der Waals surface area contributed by atoms with E-state index in [4.69, 9.17) is 14.9 Å². The summed E-state index contributed by atoms with van der Waals surface area (Å²) in [4.78, 5) is 14.4. The van der Waals surface area contributed by atoms with Gasteiger partial charge in [-0.1, -0.05) is 6.07 Å². The first kappa shape index (κ1) is 15.6. The number of nitrogens with two attached hydrogens (primary N) is 1. The maximum absolute atomic E-state index is 12.6. The summed E-state index contributed by atoms with van der Waals surface area (Å²) in [6.45, 7) is 7.09. The Hall–Kier alpha value is -2.27. The molecule has 1 amide bonds. The molecule has 0 spiro atoms. The Morgan fingerprint density at radius 3 is 2.57 bits per heavy atom. The molecule has 0 radical (unpaired) electrons. The lowest BCUT2D eigenvalue weighted by Gasteiger charge is -2.34. The van der Waals surface area contributed by atoms with Crippen LogP contribution in [0.25, 0.3) is 11.3 Å². The average molecular weight is 314 g/mol. The van der Waals surface area contributed by atoms with Crippen LogP contribution < -0.4 is 5.73 Å². The van der Waals surface area contributed by atoms with Gasteiger partial charge in [0.05, 0.1) is 12.2 Å². The highest BCUT2D eigenvalue weighted by molar-refractivity contribution is 5.92. The van der Waals surface area contributed by atoms with Crippen molar-refractivity contribution in [2.75, 3.05) is 18.8 Å². The first-order chi connectivity index (χ1) is 10.9. The molecule has 1 aliphatic rings. The minimum atomic E-state index is -0.0974. The Bertz CT molecular complexity index is 713. The van der Waals surface area contributed by atoms with Crippen LogP contribution in [0.5, 0.6) is 0 Å². The highest BCUT2D eigenvalue weighted by Crippen LogP contribution is 2.28. The van der Waals surface area contributed by atoms with Gasteiger partial charge in [-0.15, -0.1) is 0 Å². The smallest absolute Gasteiger partial charge is 0.289 e. The normalized spacial score (nSPS) is 21.4. The molecule has 0 saturated carbocycles. The van der Waals surface area contributed by atoms with Gasteiger partial charge in [0.2, 0.25) is 0 Å². The molecule has 5 heteroatoms. The van der Waals surface area contributed by atoms with E-state index in [2.05, 4.69) is 0 Å². The van der Waals surface area contributed by atoms with E-state index in [1.807, 2.05) is 45.0 Å². The summed E-state index contributed by atoms with van der Waals surface area (Å²) in [5.41, 5.74) is 8.49. The van der Waals surface area contributed by atoms with Gasteiger partial charge in [-0.25, -0.2) is 0 Å². The maximum Gasteiger partial charge on any atom is 0.289 e. The van der Waals surface area contributed by atoms with Gasteiger partial charge in [-0.2, -0.15) is 0 Å². The van der Waals surface area contributed by atoms with Gasteiger partial charge < -0.3 is 19.8 Å². The Kier molecular flexibility index (Phi) is 4.13. The van der Waals surface area contributed by atoms with Gasteiger partial charge in [0, 0.05) is 24.3 Å². The summed E-state index contributed by atoms with van der Waals surface area (Å²) in [6, 6.07) is 9.21. The molecular weight excluding hydrogens is 292 g/mol. The van der Waals surface area contributed by atoms with Gasteiger partial charge in [-0.3, -0.25) is 4.79 Å². The first-order valence-electron chi connectivity index (χ1n) is 7.85. The highest BCUT2D eigenvalue weighted by atomic mass is 16.5. The highest BCUT2D eigenvalue weighted by Gasteiger charge is 2.28. The Morgan fingerprint density at radius 1 is 1.17 bits per heavy atom. The molecule has 0 aliphatic carbocycles. The standard InChI is InChI=1S/C18H22N2O3/c1-11-4-5-14(19)8-15(11)16-6-7-17(23-16)18(21)20-9-12(2)22-13(3)10-20/h4-8,12-13H,9-10,19H2,1-3H3/t12-,13-/m1/s1. The summed E-state index contributed by atoms with van der Waals surface area (Å²) in [6.07, 6.45) is 0.0709. The molecule has 0 bridgehead atoms. The van der Waals surface area contributed by atoms with Crippen LogP contribution in [0.4, 0.5) is 5.69 Å². The molecule has 2 heterocycles. The van der Waals surface area contributed by atoms with Crippen molar-refractivity contribution in [1.82, 2.24) is 4.90 Å². The molecular formula is C18H22N2O3. The average Bonchev–Trinajstić information content (AvgIpc) is 2.97. The molecule has 2 atom stereocenters. The second-order valence-electron chi connectivity index (χ2n) is 6.21. The van der Waals surface area contributed by atoms with Crippen molar-refractivity contribution >= 4 is 11.6 Å². The van der Waals surface area contributed by atoms with Gasteiger partial charge in [0.25, 0.3) is 5.91 Å². The van der Waals surface area contributed by atoms with Crippen LogP contribution in [0, 0.1) is 6.92 Å². The summed E-state index contributed by atoms with van der Waals surface area (Å²) >= 11 is 0. The van der Waals surface area contributed by atoms with Crippen LogP contribution in [-0.4, -0.2) is 36.1 Å². The Balaban J connectivity index is 1.84. The third-order valence-electron chi connectivity index (χ3n) is 4.05. The van der Waals surface area contributed by atoms with Crippen LogP contribution in [0.2, 0.25) is 0 Å². The van der Waals surface area contributed by atoms with Crippen molar-refractivity contribution in [2.45, 2.75) is 33.0 Å². The van der Waals surface area contributed by atoms with Gasteiger partial charge >= 0.3 is 0 Å². The Morgan fingerprint density at radius 2 is 1.87 bits per heavy atom. The molecule has 0 unspecified atom stereocenters. The van der Waals surface area contributed by atoms with E-state index < -0.39 is 0 Å². The number of amides is 1. The predicted octanol–water partition coefficient (Wildman–Crippen LogP) is 3.09. The number of morpholine rings is 1. The van der Waals surface area contributed by atoms with E-state index in [1.54, 1.807) is 11.0 Å². The van der Waals surface area contributed by atoms with E-state index >= 15 is 0 Å². The number of nitrogen functional groups attached to an aromatic ring is 1. The lowest BCUT2D eigenvalue weighted by Crippen LogP contribution is -2.48.